The van der Waals surface area contributed by atoms with Crippen LogP contribution in [0, 0.1) is 0 Å². The van der Waals surface area contributed by atoms with Crippen LogP contribution in [-0.2, 0) is 0 Å². The summed E-state index contributed by atoms with van der Waals surface area (Å²) in [6.07, 6.45) is 1.66. The summed E-state index contributed by atoms with van der Waals surface area (Å²) < 4.78 is 6.27. The number of Topliss-reactive ketones (excluding diaryl/α,β-unsaturated/α-hetero) is 1. The summed E-state index contributed by atoms with van der Waals surface area (Å²) in [6.45, 7) is 0.142. The summed E-state index contributed by atoms with van der Waals surface area (Å²) in [5, 5.41) is 2.67. The van der Waals surface area contributed by atoms with Gasteiger partial charge in [0.2, 0.25) is 0 Å². The van der Waals surface area contributed by atoms with Gasteiger partial charge in [-0.15, -0.1) is 0 Å². The van der Waals surface area contributed by atoms with Crippen LogP contribution in [-0.4, -0.2) is 29.3 Å². The molecule has 1 atom stereocenters. The molecule has 1 aliphatic heterocycles. The molecule has 0 aliphatic carbocycles. The number of carbonyl (C=O) groups excluding carboxylic acids is 2. The molecular weight excluding hydrogens is 324 g/mol. The number of fused-ring (bicyclic) bond motifs is 1. The average Bonchev–Trinajstić information content (AvgIpc) is 2.89. The van der Waals surface area contributed by atoms with E-state index in [0.29, 0.717) is 17.0 Å². The van der Waals surface area contributed by atoms with Crippen molar-refractivity contribution in [2.24, 2.45) is 0 Å². The summed E-state index contributed by atoms with van der Waals surface area (Å²) in [5.74, 6) is 0.0912. The number of aromatic amines is 1. The fourth-order valence-corrected chi connectivity index (χ4v) is 2.42. The van der Waals surface area contributed by atoms with Crippen molar-refractivity contribution in [3.63, 3.8) is 0 Å². The standard InChI is InChI=1S/C14H11BrN2O3/c15-8-5-10(16-6-8)14(19)17-11-7-20-12-4-2-1-3-9(12)13(11)18/h1-6,11,16H,7H2,(H,17,19)/t11-/m1/s1. The third-order valence-corrected chi connectivity index (χ3v) is 3.53. The molecule has 102 valence electrons. The van der Waals surface area contributed by atoms with Crippen LogP contribution in [0.15, 0.2) is 41.0 Å². The van der Waals surface area contributed by atoms with Crippen LogP contribution in [0.25, 0.3) is 0 Å². The number of carbonyl (C=O) groups is 2. The lowest BCUT2D eigenvalue weighted by molar-refractivity contribution is 0.0793. The second-order valence-corrected chi connectivity index (χ2v) is 5.34. The van der Waals surface area contributed by atoms with Crippen LogP contribution in [0.5, 0.6) is 5.75 Å². The van der Waals surface area contributed by atoms with E-state index in [2.05, 4.69) is 26.2 Å². The van der Waals surface area contributed by atoms with Gasteiger partial charge < -0.3 is 15.0 Å². The molecule has 20 heavy (non-hydrogen) atoms. The Morgan fingerprint density at radius 1 is 1.40 bits per heavy atom. The van der Waals surface area contributed by atoms with E-state index in [1.54, 1.807) is 30.5 Å². The van der Waals surface area contributed by atoms with E-state index in [1.807, 2.05) is 6.07 Å². The number of amides is 1. The van der Waals surface area contributed by atoms with E-state index in [0.717, 1.165) is 4.47 Å². The van der Waals surface area contributed by atoms with Crippen molar-refractivity contribution in [1.82, 2.24) is 10.3 Å². The maximum atomic E-state index is 12.3. The van der Waals surface area contributed by atoms with Crippen LogP contribution in [0.3, 0.4) is 0 Å². The summed E-state index contributed by atoms with van der Waals surface area (Å²) >= 11 is 3.26. The monoisotopic (exact) mass is 334 g/mol. The fourth-order valence-electron chi connectivity index (χ4n) is 2.07. The van der Waals surface area contributed by atoms with E-state index in [9.17, 15) is 9.59 Å². The normalized spacial score (nSPS) is 17.2. The minimum atomic E-state index is -0.667. The first-order valence-corrected chi connectivity index (χ1v) is 6.85. The summed E-state index contributed by atoms with van der Waals surface area (Å²) in [4.78, 5) is 27.1. The van der Waals surface area contributed by atoms with Crippen LogP contribution in [0.1, 0.15) is 20.8 Å². The largest absolute Gasteiger partial charge is 0.490 e. The average molecular weight is 335 g/mol. The van der Waals surface area contributed by atoms with Crippen LogP contribution >= 0.6 is 15.9 Å². The van der Waals surface area contributed by atoms with E-state index in [-0.39, 0.29) is 18.3 Å². The molecule has 6 heteroatoms. The maximum Gasteiger partial charge on any atom is 0.268 e. The highest BCUT2D eigenvalue weighted by Crippen LogP contribution is 2.24. The number of para-hydroxylation sites is 1. The van der Waals surface area contributed by atoms with Gasteiger partial charge in [0.15, 0.2) is 5.78 Å². The molecule has 1 amide bonds. The predicted molar refractivity (Wildman–Crippen MR) is 76.0 cm³/mol. The lowest BCUT2D eigenvalue weighted by atomic mass is 10.0. The summed E-state index contributed by atoms with van der Waals surface area (Å²) in [6, 6.07) is 8.00. The quantitative estimate of drug-likeness (QED) is 0.883. The molecule has 0 unspecified atom stereocenters. The molecule has 5 nitrogen and oxygen atoms in total. The van der Waals surface area contributed by atoms with Gasteiger partial charge in [-0.3, -0.25) is 9.59 Å². The Morgan fingerprint density at radius 2 is 2.20 bits per heavy atom. The van der Waals surface area contributed by atoms with Gasteiger partial charge >= 0.3 is 0 Å². The van der Waals surface area contributed by atoms with Crippen molar-refractivity contribution >= 4 is 27.6 Å². The highest BCUT2D eigenvalue weighted by molar-refractivity contribution is 9.10. The van der Waals surface area contributed by atoms with Crippen molar-refractivity contribution in [2.45, 2.75) is 6.04 Å². The molecule has 2 N–H and O–H groups in total. The van der Waals surface area contributed by atoms with E-state index in [1.165, 1.54) is 0 Å². The number of hydrogen-bond donors (Lipinski definition) is 2. The lowest BCUT2D eigenvalue weighted by Gasteiger charge is -2.24. The number of hydrogen-bond acceptors (Lipinski definition) is 3. The van der Waals surface area contributed by atoms with Crippen molar-refractivity contribution < 1.29 is 14.3 Å². The summed E-state index contributed by atoms with van der Waals surface area (Å²) in [7, 11) is 0. The van der Waals surface area contributed by atoms with Crippen molar-refractivity contribution in [3.05, 3.63) is 52.3 Å². The number of nitrogens with one attached hydrogen (secondary N) is 2. The lowest BCUT2D eigenvalue weighted by Crippen LogP contribution is -2.47. The molecule has 0 radical (unpaired) electrons. The highest BCUT2D eigenvalue weighted by Gasteiger charge is 2.30. The molecule has 2 heterocycles. The third kappa shape index (κ3) is 2.34. The van der Waals surface area contributed by atoms with Crippen molar-refractivity contribution in [1.29, 1.82) is 0 Å². The second-order valence-electron chi connectivity index (χ2n) is 4.43. The third-order valence-electron chi connectivity index (χ3n) is 3.07. The number of ketones is 1. The van der Waals surface area contributed by atoms with Crippen molar-refractivity contribution in [3.8, 4) is 5.75 Å². The molecule has 0 saturated carbocycles. The minimum Gasteiger partial charge on any atom is -0.490 e. The van der Waals surface area contributed by atoms with Crippen molar-refractivity contribution in [2.75, 3.05) is 6.61 Å². The van der Waals surface area contributed by atoms with Gasteiger partial charge in [-0.05, 0) is 34.1 Å². The number of halogens is 1. The smallest absolute Gasteiger partial charge is 0.268 e. The molecule has 1 aromatic heterocycles. The predicted octanol–water partition coefficient (Wildman–Crippen LogP) is 2.15. The second kappa shape index (κ2) is 5.13. The molecule has 1 aromatic carbocycles. The van der Waals surface area contributed by atoms with Crippen LogP contribution in [0.4, 0.5) is 0 Å². The molecule has 0 saturated heterocycles. The first-order valence-electron chi connectivity index (χ1n) is 6.06. The van der Waals surface area contributed by atoms with E-state index >= 15 is 0 Å². The Balaban J connectivity index is 1.77. The van der Waals surface area contributed by atoms with Crippen LogP contribution < -0.4 is 10.1 Å². The Kier molecular flexibility index (Phi) is 3.31. The number of rotatable bonds is 2. The van der Waals surface area contributed by atoms with Gasteiger partial charge in [-0.25, -0.2) is 0 Å². The van der Waals surface area contributed by atoms with Gasteiger partial charge in [0.1, 0.15) is 24.1 Å². The van der Waals surface area contributed by atoms with E-state index < -0.39 is 6.04 Å². The zero-order valence-corrected chi connectivity index (χ0v) is 11.9. The van der Waals surface area contributed by atoms with Gasteiger partial charge in [0.25, 0.3) is 5.91 Å². The molecule has 0 fully saturated rings. The molecule has 0 bridgehead atoms. The topological polar surface area (TPSA) is 71.2 Å². The Labute approximate surface area is 123 Å². The Hall–Kier alpha value is -2.08. The minimum absolute atomic E-state index is 0.133. The molecule has 1 aliphatic rings. The Morgan fingerprint density at radius 3 is 2.95 bits per heavy atom. The molecular formula is C14H11BrN2O3. The first kappa shape index (κ1) is 12.9. The number of ether oxygens (including phenoxy) is 1. The molecule has 0 spiro atoms. The van der Waals surface area contributed by atoms with Crippen LogP contribution in [0.2, 0.25) is 0 Å². The fraction of sp³-hybridized carbons (Fsp3) is 0.143. The van der Waals surface area contributed by atoms with Gasteiger partial charge in [-0.1, -0.05) is 12.1 Å². The SMILES string of the molecule is O=C(N[C@@H]1COc2ccccc2C1=O)c1cc(Br)c[nH]1. The first-order chi connectivity index (χ1) is 9.65. The zero-order valence-electron chi connectivity index (χ0n) is 10.4. The molecule has 2 aromatic rings. The number of H-pyrrole nitrogens is 1. The summed E-state index contributed by atoms with van der Waals surface area (Å²) in [5.41, 5.74) is 0.889. The molecule has 3 rings (SSSR count). The van der Waals surface area contributed by atoms with Gasteiger partial charge in [-0.2, -0.15) is 0 Å². The van der Waals surface area contributed by atoms with Gasteiger partial charge in [0, 0.05) is 10.7 Å². The maximum absolute atomic E-state index is 12.3. The Bertz CT molecular complexity index is 681. The number of aromatic nitrogens is 1. The van der Waals surface area contributed by atoms with E-state index in [4.69, 9.17) is 4.74 Å². The zero-order chi connectivity index (χ0) is 14.1. The van der Waals surface area contributed by atoms with Gasteiger partial charge in [0.05, 0.1) is 5.56 Å². The highest BCUT2D eigenvalue weighted by atomic mass is 79.9. The number of benzene rings is 1.